The number of hydrogen-bond donors (Lipinski definition) is 0. The summed E-state index contributed by atoms with van der Waals surface area (Å²) < 4.78 is 0.739. The van der Waals surface area contributed by atoms with E-state index in [9.17, 15) is 0 Å². The molecule has 0 heterocycles. The fourth-order valence-corrected chi connectivity index (χ4v) is 1.39. The summed E-state index contributed by atoms with van der Waals surface area (Å²) in [6, 6.07) is 0. The molecule has 15 heavy (non-hydrogen) atoms. The van der Waals surface area contributed by atoms with Crippen LogP contribution in [0.15, 0.2) is 34.3 Å². The first-order chi connectivity index (χ1) is 6.94. The van der Waals surface area contributed by atoms with E-state index in [0.717, 1.165) is 4.48 Å². The first-order valence-electron chi connectivity index (χ1n) is 4.14. The maximum atomic E-state index is 6.20. The first kappa shape index (κ1) is 15.9. The Bertz CT molecular complexity index is 269. The van der Waals surface area contributed by atoms with Gasteiger partial charge in [-0.25, -0.2) is 0 Å². The van der Waals surface area contributed by atoms with Crippen molar-refractivity contribution in [3.8, 4) is 0 Å². The lowest BCUT2D eigenvalue weighted by molar-refractivity contribution is 0.798. The molecular weight excluding hydrogens is 342 g/mol. The van der Waals surface area contributed by atoms with Gasteiger partial charge >= 0.3 is 0 Å². The Morgan fingerprint density at radius 2 is 2.13 bits per heavy atom. The third-order valence-corrected chi connectivity index (χ3v) is 3.84. The number of rotatable bonds is 5. The van der Waals surface area contributed by atoms with E-state index in [1.807, 2.05) is 6.92 Å². The monoisotopic (exact) mass is 350 g/mol. The van der Waals surface area contributed by atoms with Crippen molar-refractivity contribution in [2.75, 3.05) is 5.88 Å². The molecule has 0 radical (unpaired) electrons. The summed E-state index contributed by atoms with van der Waals surface area (Å²) in [5, 5.41) is -0.345. The summed E-state index contributed by atoms with van der Waals surface area (Å²) >= 11 is 26.5. The van der Waals surface area contributed by atoms with Crippen LogP contribution < -0.4 is 0 Å². The molecule has 0 aliphatic carbocycles. The molecule has 5 heteroatoms. The second-order valence-electron chi connectivity index (χ2n) is 2.96. The van der Waals surface area contributed by atoms with Gasteiger partial charge in [0.05, 0.1) is 10.3 Å². The molecule has 0 amide bonds. The van der Waals surface area contributed by atoms with E-state index in [-0.39, 0.29) is 5.38 Å². The zero-order valence-electron chi connectivity index (χ0n) is 8.06. The molecule has 0 aromatic heterocycles. The molecule has 0 nitrogen and oxygen atoms in total. The van der Waals surface area contributed by atoms with Crippen LogP contribution in [0.4, 0.5) is 0 Å². The third-order valence-electron chi connectivity index (χ3n) is 1.60. The molecule has 0 rings (SSSR count). The smallest absolute Gasteiger partial charge is 0.0796 e. The summed E-state index contributed by atoms with van der Waals surface area (Å²) in [4.78, 5) is -0.660. The van der Waals surface area contributed by atoms with Crippen molar-refractivity contribution in [3.05, 3.63) is 34.3 Å². The van der Waals surface area contributed by atoms with Gasteiger partial charge in [-0.15, -0.1) is 34.8 Å². The fourth-order valence-electron chi connectivity index (χ4n) is 0.768. The lowest BCUT2D eigenvalue weighted by atomic mass is 10.1. The van der Waals surface area contributed by atoms with Crippen molar-refractivity contribution in [1.29, 1.82) is 0 Å². The maximum Gasteiger partial charge on any atom is 0.0796 e. The van der Waals surface area contributed by atoms with Crippen molar-refractivity contribution >= 4 is 62.3 Å². The van der Waals surface area contributed by atoms with Crippen molar-refractivity contribution in [2.45, 2.75) is 17.2 Å². The van der Waals surface area contributed by atoms with Crippen molar-refractivity contribution in [3.63, 3.8) is 0 Å². The molecule has 2 atom stereocenters. The summed E-state index contributed by atoms with van der Waals surface area (Å²) in [6.45, 7) is 1.82. The zero-order chi connectivity index (χ0) is 11.9. The van der Waals surface area contributed by atoms with Crippen LogP contribution in [-0.2, 0) is 0 Å². The second kappa shape index (κ2) is 8.03. The van der Waals surface area contributed by atoms with E-state index in [4.69, 9.17) is 46.4 Å². The van der Waals surface area contributed by atoms with Crippen LogP contribution in [0.3, 0.4) is 0 Å². The Morgan fingerprint density at radius 3 is 2.60 bits per heavy atom. The van der Waals surface area contributed by atoms with E-state index < -0.39 is 4.87 Å². The van der Waals surface area contributed by atoms with Gasteiger partial charge in [0.25, 0.3) is 0 Å². The average Bonchev–Trinajstić information content (AvgIpc) is 2.22. The van der Waals surface area contributed by atoms with Gasteiger partial charge in [0, 0.05) is 15.9 Å². The summed E-state index contributed by atoms with van der Waals surface area (Å²) in [5.41, 5.74) is 1.40. The number of alkyl halides is 3. The van der Waals surface area contributed by atoms with Crippen LogP contribution in [0.5, 0.6) is 0 Å². The highest BCUT2D eigenvalue weighted by molar-refractivity contribution is 9.11. The molecule has 0 aromatic carbocycles. The predicted molar refractivity (Wildman–Crippen MR) is 75.8 cm³/mol. The van der Waals surface area contributed by atoms with Gasteiger partial charge in [-0.2, -0.15) is 0 Å². The van der Waals surface area contributed by atoms with Gasteiger partial charge in [-0.1, -0.05) is 29.8 Å². The van der Waals surface area contributed by atoms with E-state index >= 15 is 0 Å². The molecule has 0 N–H and O–H groups in total. The Labute approximate surface area is 119 Å². The second-order valence-corrected chi connectivity index (χ2v) is 5.69. The Hall–Kier alpha value is 0.860. The molecule has 0 fully saturated rings. The minimum absolute atomic E-state index is 0.345. The minimum Gasteiger partial charge on any atom is -0.122 e. The van der Waals surface area contributed by atoms with Gasteiger partial charge in [-0.05, 0) is 28.9 Å². The SMILES string of the molecule is CC(Cl)(C=CCCl)C(Cl)C=CC(Br)=CCl. The van der Waals surface area contributed by atoms with Gasteiger partial charge < -0.3 is 0 Å². The Morgan fingerprint density at radius 1 is 1.53 bits per heavy atom. The minimum atomic E-state index is -0.660. The third kappa shape index (κ3) is 6.91. The highest BCUT2D eigenvalue weighted by atomic mass is 79.9. The highest BCUT2D eigenvalue weighted by Gasteiger charge is 2.25. The van der Waals surface area contributed by atoms with E-state index in [2.05, 4.69) is 15.9 Å². The molecule has 2 unspecified atom stereocenters. The highest BCUT2D eigenvalue weighted by Crippen LogP contribution is 2.27. The number of hydrogen-bond acceptors (Lipinski definition) is 0. The fraction of sp³-hybridized carbons (Fsp3) is 0.400. The van der Waals surface area contributed by atoms with Gasteiger partial charge in [0.15, 0.2) is 0 Å². The first-order valence-corrected chi connectivity index (χ1v) is 6.72. The van der Waals surface area contributed by atoms with Crippen LogP contribution in [0.1, 0.15) is 6.92 Å². The summed E-state index contributed by atoms with van der Waals surface area (Å²) in [5.74, 6) is 0.418. The molecule has 0 aliphatic heterocycles. The van der Waals surface area contributed by atoms with Crippen LogP contribution in [0.25, 0.3) is 0 Å². The molecule has 0 saturated heterocycles. The lowest BCUT2D eigenvalue weighted by Gasteiger charge is -2.21. The van der Waals surface area contributed by atoms with Crippen LogP contribution in [-0.4, -0.2) is 16.1 Å². The van der Waals surface area contributed by atoms with Gasteiger partial charge in [0.2, 0.25) is 0 Å². The predicted octanol–water partition coefficient (Wildman–Crippen LogP) is 5.42. The molecular formula is C10H11BrCl4. The molecule has 86 valence electrons. The summed E-state index contributed by atoms with van der Waals surface area (Å²) in [6.07, 6.45) is 7.06. The van der Waals surface area contributed by atoms with E-state index in [1.54, 1.807) is 24.3 Å². The van der Waals surface area contributed by atoms with Crippen molar-refractivity contribution < 1.29 is 0 Å². The lowest BCUT2D eigenvalue weighted by Crippen LogP contribution is -2.25. The summed E-state index contributed by atoms with van der Waals surface area (Å²) in [7, 11) is 0. The van der Waals surface area contributed by atoms with E-state index in [0.29, 0.717) is 5.88 Å². The van der Waals surface area contributed by atoms with Crippen LogP contribution >= 0.6 is 62.3 Å². The number of halogens is 5. The largest absolute Gasteiger partial charge is 0.122 e. The van der Waals surface area contributed by atoms with Crippen molar-refractivity contribution in [1.82, 2.24) is 0 Å². The molecule has 0 aliphatic rings. The van der Waals surface area contributed by atoms with Crippen LogP contribution in [0.2, 0.25) is 0 Å². The Kier molecular flexibility index (Phi) is 8.49. The topological polar surface area (TPSA) is 0 Å². The number of allylic oxidation sites excluding steroid dienone is 5. The van der Waals surface area contributed by atoms with Crippen LogP contribution in [0, 0.1) is 0 Å². The normalized spacial score (nSPS) is 19.7. The average molecular weight is 353 g/mol. The maximum absolute atomic E-state index is 6.20. The molecule has 0 saturated carbocycles. The van der Waals surface area contributed by atoms with Crippen molar-refractivity contribution in [2.24, 2.45) is 0 Å². The molecule has 0 spiro atoms. The molecule has 0 aromatic rings. The zero-order valence-corrected chi connectivity index (χ0v) is 12.7. The molecule has 0 bridgehead atoms. The Balaban J connectivity index is 4.49. The quantitative estimate of drug-likeness (QED) is 0.352. The standard InChI is InChI=1S/C10H11BrCl4/c1-10(15,5-2-6-12)9(14)4-3-8(11)7-13/h2-5,7,9H,6H2,1H3. The van der Waals surface area contributed by atoms with Gasteiger partial charge in [-0.3, -0.25) is 0 Å². The van der Waals surface area contributed by atoms with E-state index in [1.165, 1.54) is 5.54 Å². The van der Waals surface area contributed by atoms with Gasteiger partial charge in [0.1, 0.15) is 0 Å².